The van der Waals surface area contributed by atoms with Gasteiger partial charge in [-0.15, -0.1) is 0 Å². The molecule has 0 radical (unpaired) electrons. The van der Waals surface area contributed by atoms with Gasteiger partial charge in [-0.3, -0.25) is 9.59 Å². The summed E-state index contributed by atoms with van der Waals surface area (Å²) in [5.74, 6) is -6.79. The summed E-state index contributed by atoms with van der Waals surface area (Å²) >= 11 is 8.98. The summed E-state index contributed by atoms with van der Waals surface area (Å²) in [4.78, 5) is 25.9. The summed E-state index contributed by atoms with van der Waals surface area (Å²) < 4.78 is 42.9. The van der Waals surface area contributed by atoms with Gasteiger partial charge in [-0.25, -0.2) is 13.2 Å². The zero-order chi connectivity index (χ0) is 20.5. The number of rotatable bonds is 3. The molecule has 0 spiro atoms. The van der Waals surface area contributed by atoms with Crippen molar-refractivity contribution in [2.45, 2.75) is 12.3 Å². The van der Waals surface area contributed by atoms with Crippen LogP contribution < -0.4 is 5.32 Å². The molecular formula is C19H15BrClF3N2O2. The lowest BCUT2D eigenvalue weighted by molar-refractivity contribution is -0.130. The van der Waals surface area contributed by atoms with E-state index in [-0.39, 0.29) is 12.1 Å². The Hall–Kier alpha value is -2.06. The number of carbonyl (C=O) groups excluding carboxylic acids is 2. The fourth-order valence-electron chi connectivity index (χ4n) is 3.07. The Balaban J connectivity index is 1.80. The molecule has 1 unspecified atom stereocenters. The van der Waals surface area contributed by atoms with Gasteiger partial charge in [-0.05, 0) is 36.4 Å². The fraction of sp³-hybridized carbons (Fsp3) is 0.263. The van der Waals surface area contributed by atoms with Crippen LogP contribution in [0.1, 0.15) is 16.8 Å². The highest BCUT2D eigenvalue weighted by molar-refractivity contribution is 9.10. The van der Waals surface area contributed by atoms with Crippen molar-refractivity contribution in [2.75, 3.05) is 18.4 Å². The number of nitrogens with one attached hydrogen (secondary N) is 1. The highest BCUT2D eigenvalue weighted by atomic mass is 79.9. The summed E-state index contributed by atoms with van der Waals surface area (Å²) in [7, 11) is 0. The molecule has 9 heteroatoms. The maximum absolute atomic E-state index is 14.2. The number of alkyl halides is 2. The van der Waals surface area contributed by atoms with Gasteiger partial charge in [0.15, 0.2) is 0 Å². The van der Waals surface area contributed by atoms with Crippen molar-refractivity contribution in [3.8, 4) is 0 Å². The largest absolute Gasteiger partial charge is 0.332 e. The zero-order valence-corrected chi connectivity index (χ0v) is 16.7. The topological polar surface area (TPSA) is 49.4 Å². The van der Waals surface area contributed by atoms with Gasteiger partial charge in [0.25, 0.3) is 11.8 Å². The number of nitrogens with zero attached hydrogens (tertiary/aromatic N) is 1. The molecule has 0 aliphatic carbocycles. The van der Waals surface area contributed by atoms with Crippen molar-refractivity contribution in [3.05, 3.63) is 63.3 Å². The van der Waals surface area contributed by atoms with Crippen molar-refractivity contribution in [3.63, 3.8) is 0 Å². The van der Waals surface area contributed by atoms with Crippen molar-refractivity contribution in [1.82, 2.24) is 4.90 Å². The third-order valence-corrected chi connectivity index (χ3v) is 5.05. The average molecular weight is 476 g/mol. The number of carbonyl (C=O) groups is 2. The zero-order valence-electron chi connectivity index (χ0n) is 14.4. The first kappa shape index (κ1) is 20.7. The maximum atomic E-state index is 14.2. The van der Waals surface area contributed by atoms with Crippen LogP contribution in [0.5, 0.6) is 0 Å². The van der Waals surface area contributed by atoms with Crippen molar-refractivity contribution < 1.29 is 22.8 Å². The summed E-state index contributed by atoms with van der Waals surface area (Å²) in [6, 6.07) is 9.98. The Labute approximate surface area is 172 Å². The molecule has 2 aromatic rings. The molecular weight excluding hydrogens is 461 g/mol. The molecule has 1 heterocycles. The number of piperidine rings is 1. The minimum absolute atomic E-state index is 0.243. The lowest BCUT2D eigenvalue weighted by Gasteiger charge is -2.37. The maximum Gasteiger partial charge on any atom is 0.266 e. The minimum atomic E-state index is -3.27. The number of hydrogen-bond acceptors (Lipinski definition) is 2. The minimum Gasteiger partial charge on any atom is -0.332 e. The van der Waals surface area contributed by atoms with Gasteiger partial charge in [-0.2, -0.15) is 0 Å². The van der Waals surface area contributed by atoms with E-state index in [0.29, 0.717) is 15.2 Å². The van der Waals surface area contributed by atoms with Crippen LogP contribution in [0, 0.1) is 11.7 Å². The number of likely N-dealkylation sites (tertiary alicyclic amines) is 1. The second kappa shape index (κ2) is 8.13. The first-order valence-electron chi connectivity index (χ1n) is 8.33. The van der Waals surface area contributed by atoms with E-state index in [9.17, 15) is 22.8 Å². The number of halogens is 5. The van der Waals surface area contributed by atoms with E-state index >= 15 is 0 Å². The van der Waals surface area contributed by atoms with Crippen LogP contribution in [0.2, 0.25) is 5.02 Å². The van der Waals surface area contributed by atoms with Gasteiger partial charge >= 0.3 is 0 Å². The Morgan fingerprint density at radius 1 is 1.21 bits per heavy atom. The van der Waals surface area contributed by atoms with Gasteiger partial charge in [0, 0.05) is 28.1 Å². The molecule has 0 bridgehead atoms. The average Bonchev–Trinajstić information content (AvgIpc) is 2.62. The molecule has 0 saturated carbocycles. The predicted molar refractivity (Wildman–Crippen MR) is 103 cm³/mol. The molecule has 4 nitrogen and oxygen atoms in total. The highest BCUT2D eigenvalue weighted by Crippen LogP contribution is 2.32. The van der Waals surface area contributed by atoms with E-state index in [4.69, 9.17) is 11.6 Å². The van der Waals surface area contributed by atoms with Crippen LogP contribution in [-0.4, -0.2) is 35.7 Å². The van der Waals surface area contributed by atoms with E-state index in [2.05, 4.69) is 21.2 Å². The number of amides is 2. The molecule has 2 aromatic carbocycles. The first-order valence-corrected chi connectivity index (χ1v) is 9.50. The first-order chi connectivity index (χ1) is 13.1. The second-order valence-corrected chi connectivity index (χ2v) is 7.92. The number of anilines is 1. The van der Waals surface area contributed by atoms with Crippen LogP contribution in [-0.2, 0) is 4.79 Å². The monoisotopic (exact) mass is 474 g/mol. The molecule has 28 heavy (non-hydrogen) atoms. The van der Waals surface area contributed by atoms with E-state index in [1.807, 2.05) is 0 Å². The molecule has 1 aliphatic rings. The van der Waals surface area contributed by atoms with Crippen molar-refractivity contribution in [1.29, 1.82) is 0 Å². The summed E-state index contributed by atoms with van der Waals surface area (Å²) in [5.41, 5.74) is 0.0309. The Kier molecular flexibility index (Phi) is 6.00. The van der Waals surface area contributed by atoms with E-state index in [1.54, 1.807) is 18.2 Å². The quantitative estimate of drug-likeness (QED) is 0.681. The molecule has 3 rings (SSSR count). The van der Waals surface area contributed by atoms with E-state index < -0.39 is 42.4 Å². The molecule has 1 aliphatic heterocycles. The van der Waals surface area contributed by atoms with Crippen LogP contribution in [0.25, 0.3) is 0 Å². The van der Waals surface area contributed by atoms with Crippen LogP contribution in [0.15, 0.2) is 46.9 Å². The van der Waals surface area contributed by atoms with Crippen LogP contribution in [0.4, 0.5) is 18.9 Å². The molecule has 148 valence electrons. The molecule has 0 aromatic heterocycles. The Morgan fingerprint density at radius 2 is 1.96 bits per heavy atom. The van der Waals surface area contributed by atoms with E-state index in [1.165, 1.54) is 18.2 Å². The van der Waals surface area contributed by atoms with E-state index in [0.717, 1.165) is 11.0 Å². The van der Waals surface area contributed by atoms with Gasteiger partial charge in [0.05, 0.1) is 18.0 Å². The fourth-order valence-corrected chi connectivity index (χ4v) is 3.62. The van der Waals surface area contributed by atoms with Gasteiger partial charge < -0.3 is 10.2 Å². The van der Waals surface area contributed by atoms with Crippen LogP contribution in [0.3, 0.4) is 0 Å². The molecule has 1 N–H and O–H groups in total. The van der Waals surface area contributed by atoms with Gasteiger partial charge in [0.2, 0.25) is 5.91 Å². The number of hydrogen-bond donors (Lipinski definition) is 1. The predicted octanol–water partition coefficient (Wildman–Crippen LogP) is 4.98. The molecule has 1 atom stereocenters. The van der Waals surface area contributed by atoms with Crippen molar-refractivity contribution in [2.24, 2.45) is 5.92 Å². The lowest BCUT2D eigenvalue weighted by Crippen LogP contribution is -2.52. The Morgan fingerprint density at radius 3 is 2.68 bits per heavy atom. The molecule has 1 saturated heterocycles. The summed E-state index contributed by atoms with van der Waals surface area (Å²) in [6.45, 7) is -1.12. The van der Waals surface area contributed by atoms with Gasteiger partial charge in [-0.1, -0.05) is 33.6 Å². The molecule has 1 fully saturated rings. The second-order valence-electron chi connectivity index (χ2n) is 6.57. The standard InChI is InChI=1S/C19H15BrClF3N2O2/c20-12-4-5-16(22)15(6-12)18(28)26-9-11(8-19(23,24)10-26)17(27)25-14-3-1-2-13(21)7-14/h1-7,11H,8-10H2,(H,25,27). The van der Waals surface area contributed by atoms with Gasteiger partial charge in [0.1, 0.15) is 5.82 Å². The Bertz CT molecular complexity index is 926. The summed E-state index contributed by atoms with van der Waals surface area (Å²) in [6.07, 6.45) is -0.704. The lowest BCUT2D eigenvalue weighted by atomic mass is 9.93. The van der Waals surface area contributed by atoms with Crippen LogP contribution >= 0.6 is 27.5 Å². The molecule has 2 amide bonds. The summed E-state index contributed by atoms with van der Waals surface area (Å²) in [5, 5.41) is 2.92. The number of benzene rings is 2. The third kappa shape index (κ3) is 4.86. The highest BCUT2D eigenvalue weighted by Gasteiger charge is 2.45. The smallest absolute Gasteiger partial charge is 0.266 e. The third-order valence-electron chi connectivity index (χ3n) is 4.32. The normalized spacial score (nSPS) is 18.6. The SMILES string of the molecule is O=C(Nc1cccc(Cl)c1)C1CN(C(=O)c2cc(Br)ccc2F)CC(F)(F)C1. The van der Waals surface area contributed by atoms with Crippen molar-refractivity contribution >= 4 is 45.0 Å².